The van der Waals surface area contributed by atoms with Gasteiger partial charge in [0.05, 0.1) is 0 Å². The summed E-state index contributed by atoms with van der Waals surface area (Å²) in [5, 5.41) is 0. The van der Waals surface area contributed by atoms with Crippen LogP contribution in [0.15, 0.2) is 30.5 Å². The van der Waals surface area contributed by atoms with Gasteiger partial charge < -0.3 is 0 Å². The number of hydrogen-bond donors (Lipinski definition) is 0. The van der Waals surface area contributed by atoms with Gasteiger partial charge in [0.2, 0.25) is 0 Å². The van der Waals surface area contributed by atoms with Crippen LogP contribution in [0.1, 0.15) is 62.9 Å². The van der Waals surface area contributed by atoms with E-state index in [1.165, 1.54) is 66.0 Å². The van der Waals surface area contributed by atoms with E-state index in [9.17, 15) is 0 Å². The first-order valence-corrected chi connectivity index (χ1v) is 9.19. The number of thiophene rings is 1. The molecule has 0 saturated carbocycles. The molecule has 0 aliphatic rings. The van der Waals surface area contributed by atoms with Crippen LogP contribution in [-0.4, -0.2) is 4.98 Å². The van der Waals surface area contributed by atoms with Gasteiger partial charge in [0.1, 0.15) is 0 Å². The van der Waals surface area contributed by atoms with Crippen molar-refractivity contribution in [3.05, 3.63) is 41.0 Å². The van der Waals surface area contributed by atoms with E-state index in [1.807, 2.05) is 17.5 Å². The van der Waals surface area contributed by atoms with Crippen LogP contribution in [0.2, 0.25) is 0 Å². The average Bonchev–Trinajstić information content (AvgIpc) is 2.97. The lowest BCUT2D eigenvalue weighted by molar-refractivity contribution is 0.707. The van der Waals surface area contributed by atoms with Gasteiger partial charge in [-0.25, -0.2) is 0 Å². The predicted octanol–water partition coefficient (Wildman–Crippen LogP) is 6.28. The van der Waals surface area contributed by atoms with Crippen LogP contribution in [0.25, 0.3) is 10.4 Å². The van der Waals surface area contributed by atoms with Crippen molar-refractivity contribution in [1.82, 2.24) is 4.98 Å². The van der Waals surface area contributed by atoms with Gasteiger partial charge in [-0.3, -0.25) is 4.98 Å². The molecule has 0 aliphatic carbocycles. The maximum atomic E-state index is 4.62. The van der Waals surface area contributed by atoms with Gasteiger partial charge in [0, 0.05) is 27.2 Å². The summed E-state index contributed by atoms with van der Waals surface area (Å²) in [7, 11) is 0. The summed E-state index contributed by atoms with van der Waals surface area (Å²) in [5.74, 6) is 0. The predicted molar refractivity (Wildman–Crippen MR) is 94.0 cm³/mol. The lowest BCUT2D eigenvalue weighted by Crippen LogP contribution is -1.89. The highest BCUT2D eigenvalue weighted by atomic mass is 32.1. The molecule has 0 unspecified atom stereocenters. The molecule has 0 bridgehead atoms. The topological polar surface area (TPSA) is 12.9 Å². The summed E-state index contributed by atoms with van der Waals surface area (Å²) in [4.78, 5) is 7.48. The zero-order valence-electron chi connectivity index (χ0n) is 13.4. The molecular weight excluding hydrogens is 274 g/mol. The molecule has 114 valence electrons. The second kappa shape index (κ2) is 8.99. The van der Waals surface area contributed by atoms with Gasteiger partial charge in [-0.05, 0) is 43.9 Å². The van der Waals surface area contributed by atoms with Crippen LogP contribution in [0.4, 0.5) is 0 Å². The van der Waals surface area contributed by atoms with Gasteiger partial charge in [0.25, 0.3) is 0 Å². The highest BCUT2D eigenvalue weighted by Crippen LogP contribution is 2.28. The molecule has 1 nitrogen and oxygen atoms in total. The Labute approximate surface area is 133 Å². The van der Waals surface area contributed by atoms with E-state index in [-0.39, 0.29) is 0 Å². The van der Waals surface area contributed by atoms with E-state index < -0.39 is 0 Å². The van der Waals surface area contributed by atoms with Crippen molar-refractivity contribution in [3.8, 4) is 10.4 Å². The van der Waals surface area contributed by atoms with E-state index in [0.717, 1.165) is 6.42 Å². The Morgan fingerprint density at radius 1 is 0.857 bits per heavy atom. The van der Waals surface area contributed by atoms with Crippen molar-refractivity contribution in [2.45, 2.75) is 65.2 Å². The Morgan fingerprint density at radius 2 is 1.62 bits per heavy atom. The molecule has 2 aromatic rings. The molecule has 0 atom stereocenters. The molecule has 0 aliphatic heterocycles. The SMILES string of the molecule is CCCCCc1ccc(-c2ccc(CCCCC)s2)cn1. The van der Waals surface area contributed by atoms with Crippen molar-refractivity contribution >= 4 is 11.3 Å². The summed E-state index contributed by atoms with van der Waals surface area (Å²) in [5.41, 5.74) is 2.49. The molecule has 0 amide bonds. The molecule has 0 radical (unpaired) electrons. The monoisotopic (exact) mass is 301 g/mol. The molecule has 0 spiro atoms. The van der Waals surface area contributed by atoms with Crippen LogP contribution in [0, 0.1) is 0 Å². The molecule has 0 fully saturated rings. The van der Waals surface area contributed by atoms with Crippen molar-refractivity contribution in [3.63, 3.8) is 0 Å². The minimum Gasteiger partial charge on any atom is -0.261 e. The van der Waals surface area contributed by atoms with Gasteiger partial charge >= 0.3 is 0 Å². The Kier molecular flexibility index (Phi) is 6.94. The minimum absolute atomic E-state index is 1.11. The Balaban J connectivity index is 1.92. The normalized spacial score (nSPS) is 11.0. The first kappa shape index (κ1) is 16.2. The second-order valence-electron chi connectivity index (χ2n) is 5.72. The molecule has 21 heavy (non-hydrogen) atoms. The molecule has 2 heteroatoms. The summed E-state index contributed by atoms with van der Waals surface area (Å²) in [6.45, 7) is 4.50. The summed E-state index contributed by atoms with van der Waals surface area (Å²) in [6.07, 6.45) is 12.1. The fraction of sp³-hybridized carbons (Fsp3) is 0.526. The standard InChI is InChI=1S/C19H27NS/c1-3-5-7-9-17-12-11-16(15-20-17)19-14-13-18(21-19)10-8-6-4-2/h11-15H,3-10H2,1-2H3. The molecule has 0 saturated heterocycles. The third kappa shape index (κ3) is 5.28. The highest BCUT2D eigenvalue weighted by Gasteiger charge is 2.04. The highest BCUT2D eigenvalue weighted by molar-refractivity contribution is 7.15. The fourth-order valence-corrected chi connectivity index (χ4v) is 3.53. The molecule has 0 N–H and O–H groups in total. The van der Waals surface area contributed by atoms with E-state index in [1.54, 1.807) is 0 Å². The fourth-order valence-electron chi connectivity index (χ4n) is 2.49. The van der Waals surface area contributed by atoms with Crippen LogP contribution in [0.3, 0.4) is 0 Å². The van der Waals surface area contributed by atoms with Crippen LogP contribution < -0.4 is 0 Å². The van der Waals surface area contributed by atoms with E-state index in [2.05, 4.69) is 43.1 Å². The lowest BCUT2D eigenvalue weighted by atomic mass is 10.1. The van der Waals surface area contributed by atoms with Crippen molar-refractivity contribution in [1.29, 1.82) is 0 Å². The third-order valence-electron chi connectivity index (χ3n) is 3.83. The summed E-state index contributed by atoms with van der Waals surface area (Å²) >= 11 is 1.92. The molecule has 2 heterocycles. The number of pyridine rings is 1. The maximum absolute atomic E-state index is 4.62. The zero-order valence-corrected chi connectivity index (χ0v) is 14.2. The van der Waals surface area contributed by atoms with E-state index >= 15 is 0 Å². The third-order valence-corrected chi connectivity index (χ3v) is 5.03. The van der Waals surface area contributed by atoms with Crippen molar-refractivity contribution in [2.24, 2.45) is 0 Å². The minimum atomic E-state index is 1.11. The van der Waals surface area contributed by atoms with Crippen molar-refractivity contribution in [2.75, 3.05) is 0 Å². The lowest BCUT2D eigenvalue weighted by Gasteiger charge is -2.02. The first-order chi connectivity index (χ1) is 10.3. The van der Waals surface area contributed by atoms with Gasteiger partial charge in [-0.15, -0.1) is 11.3 Å². The maximum Gasteiger partial charge on any atom is 0.0404 e. The number of aryl methyl sites for hydroxylation is 2. The van der Waals surface area contributed by atoms with E-state index in [4.69, 9.17) is 0 Å². The van der Waals surface area contributed by atoms with Gasteiger partial charge in [0.15, 0.2) is 0 Å². The molecule has 2 rings (SSSR count). The molecule has 0 aromatic carbocycles. The number of nitrogens with zero attached hydrogens (tertiary/aromatic N) is 1. The number of aromatic nitrogens is 1. The molecule has 2 aromatic heterocycles. The van der Waals surface area contributed by atoms with Gasteiger partial charge in [-0.2, -0.15) is 0 Å². The Morgan fingerprint density at radius 3 is 2.29 bits per heavy atom. The Hall–Kier alpha value is -1.15. The average molecular weight is 301 g/mol. The van der Waals surface area contributed by atoms with Crippen LogP contribution >= 0.6 is 11.3 Å². The largest absolute Gasteiger partial charge is 0.261 e. The number of unbranched alkanes of at least 4 members (excludes halogenated alkanes) is 4. The Bertz CT molecular complexity index is 513. The molecular formula is C19H27NS. The quantitative estimate of drug-likeness (QED) is 0.497. The summed E-state index contributed by atoms with van der Waals surface area (Å²) < 4.78 is 0. The zero-order chi connectivity index (χ0) is 14.9. The second-order valence-corrected chi connectivity index (χ2v) is 6.89. The summed E-state index contributed by atoms with van der Waals surface area (Å²) in [6, 6.07) is 8.96. The first-order valence-electron chi connectivity index (χ1n) is 8.37. The smallest absolute Gasteiger partial charge is 0.0404 e. The van der Waals surface area contributed by atoms with Crippen molar-refractivity contribution < 1.29 is 0 Å². The van der Waals surface area contributed by atoms with Crippen LogP contribution in [0.5, 0.6) is 0 Å². The number of hydrogen-bond acceptors (Lipinski definition) is 2. The van der Waals surface area contributed by atoms with Crippen LogP contribution in [-0.2, 0) is 12.8 Å². The number of rotatable bonds is 9. The van der Waals surface area contributed by atoms with E-state index in [0.29, 0.717) is 0 Å². The van der Waals surface area contributed by atoms with Gasteiger partial charge in [-0.1, -0.05) is 45.6 Å².